The zero-order chi connectivity index (χ0) is 14.7. The number of nitrogens with two attached hydrogens (primary N) is 1. The summed E-state index contributed by atoms with van der Waals surface area (Å²) >= 11 is 1.34. The highest BCUT2D eigenvalue weighted by Gasteiger charge is 2.29. The van der Waals surface area contributed by atoms with Crippen molar-refractivity contribution in [3.05, 3.63) is 4.88 Å². The fourth-order valence-electron chi connectivity index (χ4n) is 2.43. The number of carbonyl (C=O) groups is 1. The molecule has 0 spiro atoms. The first-order valence-corrected chi connectivity index (χ1v) is 7.88. The molecule has 0 bridgehead atoms. The summed E-state index contributed by atoms with van der Waals surface area (Å²) in [6, 6.07) is 0.426. The minimum absolute atomic E-state index is 0.00991. The number of likely N-dealkylation sites (N-methyl/N-ethyl adjacent to an activating group) is 1. The van der Waals surface area contributed by atoms with E-state index in [1.54, 1.807) is 0 Å². The molecule has 6 nitrogen and oxygen atoms in total. The predicted octanol–water partition coefficient (Wildman–Crippen LogP) is 1.32. The number of aromatic nitrogens is 1. The second-order valence-electron chi connectivity index (χ2n) is 5.06. The van der Waals surface area contributed by atoms with Gasteiger partial charge >= 0.3 is 0 Å². The maximum absolute atomic E-state index is 12.6. The van der Waals surface area contributed by atoms with Crippen molar-refractivity contribution in [3.8, 4) is 0 Å². The minimum Gasteiger partial charge on any atom is -0.382 e. The number of rotatable bonds is 4. The van der Waals surface area contributed by atoms with E-state index in [4.69, 9.17) is 5.73 Å². The molecule has 1 aliphatic rings. The van der Waals surface area contributed by atoms with Crippen molar-refractivity contribution in [1.29, 1.82) is 0 Å². The van der Waals surface area contributed by atoms with E-state index < -0.39 is 0 Å². The number of nitrogen functional groups attached to an aromatic ring is 1. The van der Waals surface area contributed by atoms with Crippen molar-refractivity contribution in [2.75, 3.05) is 44.3 Å². The summed E-state index contributed by atoms with van der Waals surface area (Å²) in [6.07, 6.45) is 1.04. The average Bonchev–Trinajstić information content (AvgIpc) is 2.80. The molecule has 0 aliphatic carbocycles. The van der Waals surface area contributed by atoms with Crippen LogP contribution in [0.2, 0.25) is 0 Å². The topological polar surface area (TPSA) is 74.5 Å². The summed E-state index contributed by atoms with van der Waals surface area (Å²) in [6.45, 7) is 7.33. The Labute approximate surface area is 124 Å². The van der Waals surface area contributed by atoms with Crippen LogP contribution in [-0.2, 0) is 0 Å². The summed E-state index contributed by atoms with van der Waals surface area (Å²) < 4.78 is 0. The average molecular weight is 297 g/mol. The van der Waals surface area contributed by atoms with Crippen LogP contribution in [0.25, 0.3) is 0 Å². The third-order valence-corrected chi connectivity index (χ3v) is 4.73. The van der Waals surface area contributed by atoms with Crippen LogP contribution in [0.4, 0.5) is 10.9 Å². The van der Waals surface area contributed by atoms with E-state index in [2.05, 4.69) is 29.2 Å². The van der Waals surface area contributed by atoms with Gasteiger partial charge in [-0.1, -0.05) is 18.3 Å². The Hall–Kier alpha value is -1.34. The molecule has 1 aromatic heterocycles. The zero-order valence-corrected chi connectivity index (χ0v) is 13.2. The highest BCUT2D eigenvalue weighted by Crippen LogP contribution is 2.27. The highest BCUT2D eigenvalue weighted by atomic mass is 32.1. The number of amides is 1. The summed E-state index contributed by atoms with van der Waals surface area (Å²) in [4.78, 5) is 21.5. The van der Waals surface area contributed by atoms with Gasteiger partial charge in [0.05, 0.1) is 0 Å². The van der Waals surface area contributed by atoms with Crippen LogP contribution in [0.3, 0.4) is 0 Å². The van der Waals surface area contributed by atoms with Crippen LogP contribution < -0.4 is 11.1 Å². The lowest BCUT2D eigenvalue weighted by Crippen LogP contribution is -2.52. The molecule has 1 fully saturated rings. The molecule has 0 radical (unpaired) electrons. The Kier molecular flexibility index (Phi) is 4.82. The van der Waals surface area contributed by atoms with Gasteiger partial charge in [-0.15, -0.1) is 0 Å². The van der Waals surface area contributed by atoms with Gasteiger partial charge in [0, 0.05) is 32.2 Å². The van der Waals surface area contributed by atoms with Gasteiger partial charge < -0.3 is 16.0 Å². The number of piperazine rings is 1. The van der Waals surface area contributed by atoms with Gasteiger partial charge in [-0.25, -0.2) is 4.98 Å². The molecule has 1 unspecified atom stereocenters. The standard InChI is InChI=1S/C13H23N5OS/c1-4-9-8-18(7-6-17(9)3)12(19)10-11(14)16-13(20-10)15-5-2/h9H,4-8,14H2,1-3H3,(H,15,16). The first-order chi connectivity index (χ1) is 9.56. The molecule has 0 saturated carbocycles. The molecular formula is C13H23N5OS. The molecule has 112 valence electrons. The minimum atomic E-state index is 0.00991. The molecule has 1 aromatic rings. The van der Waals surface area contributed by atoms with E-state index in [0.29, 0.717) is 16.7 Å². The van der Waals surface area contributed by atoms with Crippen LogP contribution >= 0.6 is 11.3 Å². The van der Waals surface area contributed by atoms with Crippen molar-refractivity contribution in [2.24, 2.45) is 0 Å². The van der Waals surface area contributed by atoms with Crippen LogP contribution in [0.15, 0.2) is 0 Å². The normalized spacial score (nSPS) is 20.1. The number of hydrogen-bond acceptors (Lipinski definition) is 6. The van der Waals surface area contributed by atoms with Gasteiger partial charge in [0.2, 0.25) is 0 Å². The second kappa shape index (κ2) is 6.41. The molecule has 7 heteroatoms. The fourth-order valence-corrected chi connectivity index (χ4v) is 3.35. The lowest BCUT2D eigenvalue weighted by atomic mass is 10.1. The first kappa shape index (κ1) is 15.1. The van der Waals surface area contributed by atoms with Crippen molar-refractivity contribution in [3.63, 3.8) is 0 Å². The van der Waals surface area contributed by atoms with Crippen molar-refractivity contribution >= 4 is 28.2 Å². The third kappa shape index (κ3) is 3.04. The van der Waals surface area contributed by atoms with Crippen LogP contribution in [0.5, 0.6) is 0 Å². The zero-order valence-electron chi connectivity index (χ0n) is 12.3. The quantitative estimate of drug-likeness (QED) is 0.877. The molecular weight excluding hydrogens is 274 g/mol. The van der Waals surface area contributed by atoms with E-state index >= 15 is 0 Å². The molecule has 20 heavy (non-hydrogen) atoms. The van der Waals surface area contributed by atoms with E-state index in [1.165, 1.54) is 11.3 Å². The summed E-state index contributed by atoms with van der Waals surface area (Å²) in [5.41, 5.74) is 5.88. The Morgan fingerprint density at radius 1 is 1.50 bits per heavy atom. The number of anilines is 2. The largest absolute Gasteiger partial charge is 0.382 e. The number of thiazole rings is 1. The Morgan fingerprint density at radius 3 is 2.90 bits per heavy atom. The Morgan fingerprint density at radius 2 is 2.25 bits per heavy atom. The van der Waals surface area contributed by atoms with Gasteiger partial charge in [0.15, 0.2) is 5.13 Å². The van der Waals surface area contributed by atoms with Gasteiger partial charge in [-0.2, -0.15) is 0 Å². The van der Waals surface area contributed by atoms with E-state index in [1.807, 2.05) is 11.8 Å². The number of hydrogen-bond donors (Lipinski definition) is 2. The molecule has 1 saturated heterocycles. The van der Waals surface area contributed by atoms with Crippen molar-refractivity contribution in [2.45, 2.75) is 26.3 Å². The van der Waals surface area contributed by atoms with Gasteiger partial charge in [-0.3, -0.25) is 9.69 Å². The molecule has 0 aromatic carbocycles. The number of nitrogens with zero attached hydrogens (tertiary/aromatic N) is 3. The maximum Gasteiger partial charge on any atom is 0.267 e. The SMILES string of the molecule is CCNc1nc(N)c(C(=O)N2CCN(C)C(CC)C2)s1. The van der Waals surface area contributed by atoms with Crippen molar-refractivity contribution in [1.82, 2.24) is 14.8 Å². The van der Waals surface area contributed by atoms with Crippen LogP contribution in [-0.4, -0.2) is 60.0 Å². The molecule has 2 heterocycles. The highest BCUT2D eigenvalue weighted by molar-refractivity contribution is 7.18. The summed E-state index contributed by atoms with van der Waals surface area (Å²) in [5, 5.41) is 3.82. The van der Waals surface area contributed by atoms with E-state index in [9.17, 15) is 4.79 Å². The summed E-state index contributed by atoms with van der Waals surface area (Å²) in [5.74, 6) is 0.346. The fraction of sp³-hybridized carbons (Fsp3) is 0.692. The Balaban J connectivity index is 2.11. The van der Waals surface area contributed by atoms with Gasteiger partial charge in [0.25, 0.3) is 5.91 Å². The van der Waals surface area contributed by atoms with Crippen LogP contribution in [0.1, 0.15) is 29.9 Å². The molecule has 1 atom stereocenters. The molecule has 3 N–H and O–H groups in total. The number of nitrogens with one attached hydrogen (secondary N) is 1. The van der Waals surface area contributed by atoms with Crippen LogP contribution in [0, 0.1) is 0 Å². The van der Waals surface area contributed by atoms with Crippen molar-refractivity contribution < 1.29 is 4.79 Å². The van der Waals surface area contributed by atoms with Gasteiger partial charge in [0.1, 0.15) is 10.7 Å². The molecule has 2 rings (SSSR count). The van der Waals surface area contributed by atoms with E-state index in [-0.39, 0.29) is 5.91 Å². The molecule has 1 amide bonds. The monoisotopic (exact) mass is 297 g/mol. The molecule has 1 aliphatic heterocycles. The predicted molar refractivity (Wildman–Crippen MR) is 83.3 cm³/mol. The van der Waals surface area contributed by atoms with E-state index in [0.717, 1.165) is 37.7 Å². The first-order valence-electron chi connectivity index (χ1n) is 7.06. The Bertz CT molecular complexity index is 475. The maximum atomic E-state index is 12.6. The lowest BCUT2D eigenvalue weighted by molar-refractivity contribution is 0.0547. The second-order valence-corrected chi connectivity index (χ2v) is 6.06. The lowest BCUT2D eigenvalue weighted by Gasteiger charge is -2.38. The third-order valence-electron chi connectivity index (χ3n) is 3.71. The summed E-state index contributed by atoms with van der Waals surface area (Å²) in [7, 11) is 2.11. The smallest absolute Gasteiger partial charge is 0.267 e. The number of carbonyl (C=O) groups excluding carboxylic acids is 1. The van der Waals surface area contributed by atoms with Gasteiger partial charge in [-0.05, 0) is 20.4 Å².